The number of nitrogens with zero attached hydrogens (tertiary/aromatic N) is 3. The third kappa shape index (κ3) is 3.22. The number of carboxylic acids is 1. The van der Waals surface area contributed by atoms with E-state index in [1.165, 1.54) is 0 Å². The standard InChI is InChI=1S/C21H27N5O4/c1-2-26-19-16(11-23-26)18(24-13-7-12(8-13)20(28)29)15(10-22-19)17-9-21(30-25-17)5-3-14(27)4-6-21/h9-14,25,27H,2-8H2,1H3,(H,22,24)(H,28,29). The van der Waals surface area contributed by atoms with Crippen molar-refractivity contribution in [1.29, 1.82) is 0 Å². The molecule has 0 saturated heterocycles. The van der Waals surface area contributed by atoms with Gasteiger partial charge in [0.25, 0.3) is 0 Å². The molecule has 160 valence electrons. The molecule has 2 saturated carbocycles. The van der Waals surface area contributed by atoms with E-state index in [1.807, 2.05) is 24.0 Å². The fourth-order valence-electron chi connectivity index (χ4n) is 4.71. The van der Waals surface area contributed by atoms with Gasteiger partial charge in [0, 0.05) is 24.3 Å². The number of rotatable bonds is 5. The molecule has 0 aromatic carbocycles. The molecule has 0 unspecified atom stereocenters. The SMILES string of the molecule is CCn1ncc2c(NC3CC(C(=O)O)C3)c(C3=CC4(CCC(O)CC4)ON3)cnc21. The van der Waals surface area contributed by atoms with Crippen LogP contribution in [0.3, 0.4) is 0 Å². The van der Waals surface area contributed by atoms with Crippen LogP contribution in [0.1, 0.15) is 51.0 Å². The normalized spacial score (nSPS) is 30.7. The lowest BCUT2D eigenvalue weighted by atomic mass is 9.80. The van der Waals surface area contributed by atoms with Gasteiger partial charge in [-0.15, -0.1) is 0 Å². The van der Waals surface area contributed by atoms with E-state index in [-0.39, 0.29) is 18.1 Å². The Kier molecular flexibility index (Phi) is 4.67. The molecule has 2 fully saturated rings. The number of aliphatic hydroxyl groups excluding tert-OH is 1. The predicted octanol–water partition coefficient (Wildman–Crippen LogP) is 2.28. The lowest BCUT2D eigenvalue weighted by molar-refractivity contribution is -0.144. The number of carbonyl (C=O) groups is 1. The monoisotopic (exact) mass is 413 g/mol. The molecule has 4 N–H and O–H groups in total. The first-order valence-corrected chi connectivity index (χ1v) is 10.7. The molecule has 3 aliphatic rings. The summed E-state index contributed by atoms with van der Waals surface area (Å²) in [7, 11) is 0. The van der Waals surface area contributed by atoms with Crippen LogP contribution >= 0.6 is 0 Å². The Morgan fingerprint density at radius 2 is 2.13 bits per heavy atom. The summed E-state index contributed by atoms with van der Waals surface area (Å²) >= 11 is 0. The molecule has 2 aromatic heterocycles. The molecule has 1 spiro atoms. The molecule has 0 radical (unpaired) electrons. The molecule has 2 aromatic rings. The second-order valence-electron chi connectivity index (χ2n) is 8.65. The summed E-state index contributed by atoms with van der Waals surface area (Å²) in [6.45, 7) is 2.74. The van der Waals surface area contributed by atoms with Crippen LogP contribution in [-0.2, 0) is 16.2 Å². The highest BCUT2D eigenvalue weighted by Gasteiger charge is 2.40. The lowest BCUT2D eigenvalue weighted by Crippen LogP contribution is -2.39. The first-order valence-electron chi connectivity index (χ1n) is 10.7. The van der Waals surface area contributed by atoms with Gasteiger partial charge in [-0.25, -0.2) is 9.67 Å². The van der Waals surface area contributed by atoms with Gasteiger partial charge in [-0.2, -0.15) is 5.10 Å². The van der Waals surface area contributed by atoms with Crippen LogP contribution in [0.2, 0.25) is 0 Å². The Balaban J connectivity index is 1.49. The quantitative estimate of drug-likeness (QED) is 0.589. The number of pyridine rings is 1. The molecule has 0 atom stereocenters. The molecule has 9 heteroatoms. The van der Waals surface area contributed by atoms with Crippen LogP contribution in [0.5, 0.6) is 0 Å². The third-order valence-electron chi connectivity index (χ3n) is 6.66. The molecule has 9 nitrogen and oxygen atoms in total. The molecule has 0 bridgehead atoms. The zero-order chi connectivity index (χ0) is 20.9. The van der Waals surface area contributed by atoms with E-state index in [2.05, 4.69) is 27.0 Å². The topological polar surface area (TPSA) is 122 Å². The Morgan fingerprint density at radius 1 is 1.37 bits per heavy atom. The molecular weight excluding hydrogens is 386 g/mol. The van der Waals surface area contributed by atoms with Crippen LogP contribution in [-0.4, -0.2) is 48.7 Å². The van der Waals surface area contributed by atoms with Crippen LogP contribution < -0.4 is 10.8 Å². The number of hydroxylamine groups is 1. The maximum atomic E-state index is 11.2. The maximum absolute atomic E-state index is 11.2. The Labute approximate surface area is 174 Å². The Morgan fingerprint density at radius 3 is 2.83 bits per heavy atom. The summed E-state index contributed by atoms with van der Waals surface area (Å²) in [6.07, 6.45) is 9.66. The number of fused-ring (bicyclic) bond motifs is 1. The molecule has 3 heterocycles. The smallest absolute Gasteiger partial charge is 0.306 e. The third-order valence-corrected chi connectivity index (χ3v) is 6.66. The minimum Gasteiger partial charge on any atom is -0.481 e. The summed E-state index contributed by atoms with van der Waals surface area (Å²) in [5.41, 5.74) is 6.13. The molecule has 1 aliphatic heterocycles. The van der Waals surface area contributed by atoms with Gasteiger partial charge in [0.05, 0.1) is 35.0 Å². The second-order valence-corrected chi connectivity index (χ2v) is 8.65. The fraction of sp³-hybridized carbons (Fsp3) is 0.571. The lowest BCUT2D eigenvalue weighted by Gasteiger charge is -2.34. The molecule has 0 amide bonds. The number of carboxylic acid groups (broad SMARTS) is 1. The Hall–Kier alpha value is -2.65. The largest absolute Gasteiger partial charge is 0.481 e. The van der Waals surface area contributed by atoms with E-state index in [1.54, 1.807) is 0 Å². The maximum Gasteiger partial charge on any atom is 0.306 e. The van der Waals surface area contributed by atoms with Gasteiger partial charge in [0.2, 0.25) is 0 Å². The highest BCUT2D eigenvalue weighted by atomic mass is 16.7. The van der Waals surface area contributed by atoms with E-state index in [9.17, 15) is 15.0 Å². The minimum absolute atomic E-state index is 0.0992. The molecule has 5 rings (SSSR count). The zero-order valence-electron chi connectivity index (χ0n) is 17.0. The number of nitrogens with one attached hydrogen (secondary N) is 2. The van der Waals surface area contributed by atoms with Gasteiger partial charge >= 0.3 is 5.97 Å². The summed E-state index contributed by atoms with van der Waals surface area (Å²) in [5, 5.41) is 28.0. The van der Waals surface area contributed by atoms with Crippen molar-refractivity contribution in [2.24, 2.45) is 5.92 Å². The number of anilines is 1. The van der Waals surface area contributed by atoms with Gasteiger partial charge in [0.1, 0.15) is 5.60 Å². The van der Waals surface area contributed by atoms with Crippen molar-refractivity contribution in [2.75, 3.05) is 5.32 Å². The highest BCUT2D eigenvalue weighted by molar-refractivity contribution is 5.96. The summed E-state index contributed by atoms with van der Waals surface area (Å²) < 4.78 is 1.85. The van der Waals surface area contributed by atoms with E-state index < -0.39 is 11.6 Å². The molecular formula is C21H27N5O4. The summed E-state index contributed by atoms with van der Waals surface area (Å²) in [6, 6.07) is 0.0992. The number of hydrogen-bond acceptors (Lipinski definition) is 7. The van der Waals surface area contributed by atoms with Gasteiger partial charge in [-0.3, -0.25) is 15.1 Å². The van der Waals surface area contributed by atoms with E-state index in [0.717, 1.165) is 60.2 Å². The number of aliphatic carboxylic acids is 1. The minimum atomic E-state index is -0.734. The van der Waals surface area contributed by atoms with Crippen molar-refractivity contribution >= 4 is 28.4 Å². The number of aromatic nitrogens is 3. The fourth-order valence-corrected chi connectivity index (χ4v) is 4.71. The molecule has 30 heavy (non-hydrogen) atoms. The predicted molar refractivity (Wildman–Crippen MR) is 110 cm³/mol. The van der Waals surface area contributed by atoms with Crippen LogP contribution in [0, 0.1) is 5.92 Å². The Bertz CT molecular complexity index is 1000. The average molecular weight is 413 g/mol. The van der Waals surface area contributed by atoms with Crippen LogP contribution in [0.4, 0.5) is 5.69 Å². The summed E-state index contributed by atoms with van der Waals surface area (Å²) in [4.78, 5) is 21.8. The van der Waals surface area contributed by atoms with E-state index >= 15 is 0 Å². The van der Waals surface area contributed by atoms with Gasteiger partial charge in [0.15, 0.2) is 5.65 Å². The first kappa shape index (κ1) is 19.3. The number of hydrogen-bond donors (Lipinski definition) is 4. The van der Waals surface area contributed by atoms with E-state index in [0.29, 0.717) is 12.8 Å². The van der Waals surface area contributed by atoms with Gasteiger partial charge in [-0.1, -0.05) is 0 Å². The second kappa shape index (κ2) is 7.24. The van der Waals surface area contributed by atoms with E-state index in [4.69, 9.17) is 4.84 Å². The number of aryl methyl sites for hydroxylation is 1. The zero-order valence-corrected chi connectivity index (χ0v) is 17.0. The van der Waals surface area contributed by atoms with Crippen LogP contribution in [0.15, 0.2) is 18.5 Å². The van der Waals surface area contributed by atoms with Crippen LogP contribution in [0.25, 0.3) is 16.7 Å². The highest BCUT2D eigenvalue weighted by Crippen LogP contribution is 2.41. The first-order chi connectivity index (χ1) is 14.5. The van der Waals surface area contributed by atoms with Gasteiger partial charge < -0.3 is 15.5 Å². The van der Waals surface area contributed by atoms with Crippen molar-refractivity contribution in [2.45, 2.75) is 69.7 Å². The van der Waals surface area contributed by atoms with Crippen molar-refractivity contribution in [3.8, 4) is 0 Å². The summed E-state index contributed by atoms with van der Waals surface area (Å²) in [5.74, 6) is -1.02. The average Bonchev–Trinajstić information content (AvgIpc) is 3.31. The molecule has 2 aliphatic carbocycles. The van der Waals surface area contributed by atoms with Crippen molar-refractivity contribution in [3.63, 3.8) is 0 Å². The van der Waals surface area contributed by atoms with Crippen molar-refractivity contribution in [3.05, 3.63) is 24.0 Å². The van der Waals surface area contributed by atoms with Gasteiger partial charge in [-0.05, 0) is 51.5 Å². The van der Waals surface area contributed by atoms with Crippen molar-refractivity contribution < 1.29 is 19.8 Å². The number of aliphatic hydroxyl groups is 1. The van der Waals surface area contributed by atoms with Crippen molar-refractivity contribution in [1.82, 2.24) is 20.2 Å².